The second-order valence-electron chi connectivity index (χ2n) is 3.66. The molecule has 0 fully saturated rings. The van der Waals surface area contributed by atoms with E-state index in [9.17, 15) is 4.79 Å². The molecule has 0 aromatic rings. The van der Waals surface area contributed by atoms with Crippen LogP contribution in [0.25, 0.3) is 0 Å². The number of primary amides is 1. The van der Waals surface area contributed by atoms with Gasteiger partial charge in [-0.05, 0) is 12.3 Å². The van der Waals surface area contributed by atoms with Crippen LogP contribution in [0.4, 0.5) is 4.79 Å². The van der Waals surface area contributed by atoms with Gasteiger partial charge in [0.25, 0.3) is 0 Å². The fourth-order valence-corrected chi connectivity index (χ4v) is 1.36. The number of carbonyl (C=O) groups excluding carboxylic acids is 1. The highest BCUT2D eigenvalue weighted by molar-refractivity contribution is 5.93. The van der Waals surface area contributed by atoms with Crippen LogP contribution in [0.5, 0.6) is 0 Å². The van der Waals surface area contributed by atoms with Gasteiger partial charge in [0, 0.05) is 6.54 Å². The highest BCUT2D eigenvalue weighted by atomic mass is 16.2. The van der Waals surface area contributed by atoms with E-state index in [-0.39, 0.29) is 5.96 Å². The minimum atomic E-state index is -0.700. The minimum Gasteiger partial charge on any atom is -0.356 e. The summed E-state index contributed by atoms with van der Waals surface area (Å²) in [4.78, 5) is 10.4. The molecule has 0 saturated heterocycles. The monoisotopic (exact) mass is 214 g/mol. The Morgan fingerprint density at radius 2 is 2.13 bits per heavy atom. The van der Waals surface area contributed by atoms with Crippen molar-refractivity contribution in [2.75, 3.05) is 6.54 Å². The van der Waals surface area contributed by atoms with Crippen LogP contribution in [0.15, 0.2) is 0 Å². The van der Waals surface area contributed by atoms with Gasteiger partial charge in [-0.2, -0.15) is 0 Å². The molecule has 0 rings (SSSR count). The number of urea groups is 1. The molecule has 0 aromatic heterocycles. The maximum Gasteiger partial charge on any atom is 0.318 e. The molecule has 0 aromatic carbocycles. The van der Waals surface area contributed by atoms with Crippen LogP contribution in [0.3, 0.4) is 0 Å². The lowest BCUT2D eigenvalue weighted by molar-refractivity contribution is 0.252. The minimum absolute atomic E-state index is 0.0163. The van der Waals surface area contributed by atoms with Gasteiger partial charge in [0.2, 0.25) is 0 Å². The number of hydrogen-bond donors (Lipinski definition) is 4. The zero-order chi connectivity index (χ0) is 11.7. The van der Waals surface area contributed by atoms with E-state index in [1.807, 2.05) is 0 Å². The summed E-state index contributed by atoms with van der Waals surface area (Å²) < 4.78 is 0. The van der Waals surface area contributed by atoms with Crippen LogP contribution in [0, 0.1) is 11.3 Å². The summed E-state index contributed by atoms with van der Waals surface area (Å²) >= 11 is 0. The van der Waals surface area contributed by atoms with Crippen LogP contribution in [0.2, 0.25) is 0 Å². The Morgan fingerprint density at radius 1 is 1.47 bits per heavy atom. The van der Waals surface area contributed by atoms with Crippen LogP contribution in [-0.4, -0.2) is 18.5 Å². The summed E-state index contributed by atoms with van der Waals surface area (Å²) in [7, 11) is 0. The van der Waals surface area contributed by atoms with Crippen molar-refractivity contribution in [1.29, 1.82) is 5.41 Å². The molecule has 0 radical (unpaired) electrons. The molecule has 0 bridgehead atoms. The molecule has 0 aliphatic heterocycles. The lowest BCUT2D eigenvalue weighted by atomic mass is 9.99. The smallest absolute Gasteiger partial charge is 0.318 e. The first kappa shape index (κ1) is 13.7. The average Bonchev–Trinajstić information content (AvgIpc) is 2.17. The molecule has 0 saturated carbocycles. The van der Waals surface area contributed by atoms with E-state index >= 15 is 0 Å². The molecule has 0 aliphatic carbocycles. The van der Waals surface area contributed by atoms with Crippen LogP contribution in [-0.2, 0) is 0 Å². The van der Waals surface area contributed by atoms with E-state index in [0.29, 0.717) is 5.92 Å². The van der Waals surface area contributed by atoms with Crippen molar-refractivity contribution in [2.24, 2.45) is 11.7 Å². The molecular weight excluding hydrogens is 192 g/mol. The Balaban J connectivity index is 3.69. The molecule has 5 heteroatoms. The third kappa shape index (κ3) is 7.78. The van der Waals surface area contributed by atoms with Crippen molar-refractivity contribution in [1.82, 2.24) is 10.6 Å². The molecular formula is C10H22N4O. The van der Waals surface area contributed by atoms with Crippen molar-refractivity contribution >= 4 is 12.0 Å². The Kier molecular flexibility index (Phi) is 7.40. The standard InChI is InChI=1S/C10H22N4O/c1-3-5-6-8(4-2)7-13-9(11)14-10(12)15/h8H,3-7H2,1-2H3,(H5,11,12,13,14,15). The summed E-state index contributed by atoms with van der Waals surface area (Å²) in [6.45, 7) is 5.01. The van der Waals surface area contributed by atoms with Gasteiger partial charge in [-0.1, -0.05) is 33.1 Å². The number of unbranched alkanes of at least 4 members (excludes halogenated alkanes) is 1. The second-order valence-corrected chi connectivity index (χ2v) is 3.66. The number of nitrogens with one attached hydrogen (secondary N) is 3. The van der Waals surface area contributed by atoms with Gasteiger partial charge in [0.05, 0.1) is 0 Å². The van der Waals surface area contributed by atoms with Gasteiger partial charge < -0.3 is 11.1 Å². The number of nitrogens with two attached hydrogens (primary N) is 1. The van der Waals surface area contributed by atoms with Crippen LogP contribution < -0.4 is 16.4 Å². The largest absolute Gasteiger partial charge is 0.356 e. The normalized spacial score (nSPS) is 11.9. The fraction of sp³-hybridized carbons (Fsp3) is 0.800. The number of hydrogen-bond acceptors (Lipinski definition) is 2. The summed E-state index contributed by atoms with van der Waals surface area (Å²) in [5.74, 6) is 0.539. The van der Waals surface area contributed by atoms with Crippen molar-refractivity contribution in [3.63, 3.8) is 0 Å². The highest BCUT2D eigenvalue weighted by Gasteiger charge is 2.06. The second kappa shape index (κ2) is 8.08. The van der Waals surface area contributed by atoms with Gasteiger partial charge in [-0.15, -0.1) is 0 Å². The van der Waals surface area contributed by atoms with Gasteiger partial charge in [0.15, 0.2) is 5.96 Å². The number of carbonyl (C=O) groups is 1. The maximum absolute atomic E-state index is 10.4. The van der Waals surface area contributed by atoms with Crippen molar-refractivity contribution in [3.8, 4) is 0 Å². The molecule has 5 N–H and O–H groups in total. The van der Waals surface area contributed by atoms with E-state index in [4.69, 9.17) is 11.1 Å². The summed E-state index contributed by atoms with van der Waals surface area (Å²) in [5.41, 5.74) is 4.88. The van der Waals surface area contributed by atoms with Crippen molar-refractivity contribution < 1.29 is 4.79 Å². The molecule has 15 heavy (non-hydrogen) atoms. The number of amides is 2. The molecule has 0 aliphatic rings. The molecule has 1 atom stereocenters. The number of rotatable bonds is 6. The molecule has 0 spiro atoms. The number of guanidine groups is 1. The maximum atomic E-state index is 10.4. The van der Waals surface area contributed by atoms with E-state index in [0.717, 1.165) is 19.4 Å². The zero-order valence-electron chi connectivity index (χ0n) is 9.60. The van der Waals surface area contributed by atoms with E-state index in [2.05, 4.69) is 24.5 Å². The lowest BCUT2D eigenvalue weighted by Crippen LogP contribution is -2.44. The Labute approximate surface area is 91.3 Å². The van der Waals surface area contributed by atoms with Gasteiger partial charge in [-0.3, -0.25) is 10.7 Å². The van der Waals surface area contributed by atoms with E-state index < -0.39 is 6.03 Å². The summed E-state index contributed by atoms with van der Waals surface area (Å²) in [5, 5.41) is 12.4. The molecule has 88 valence electrons. The first-order chi connectivity index (χ1) is 7.10. The van der Waals surface area contributed by atoms with E-state index in [1.165, 1.54) is 12.8 Å². The predicted molar refractivity (Wildman–Crippen MR) is 61.8 cm³/mol. The SMILES string of the molecule is CCCCC(CC)CNC(=N)NC(N)=O. The van der Waals surface area contributed by atoms with Crippen LogP contribution >= 0.6 is 0 Å². The van der Waals surface area contributed by atoms with Gasteiger partial charge >= 0.3 is 6.03 Å². The first-order valence-corrected chi connectivity index (χ1v) is 5.49. The molecule has 1 unspecified atom stereocenters. The fourth-order valence-electron chi connectivity index (χ4n) is 1.36. The Morgan fingerprint density at radius 3 is 2.60 bits per heavy atom. The first-order valence-electron chi connectivity index (χ1n) is 5.49. The summed E-state index contributed by atoms with van der Waals surface area (Å²) in [6.07, 6.45) is 4.63. The highest BCUT2D eigenvalue weighted by Crippen LogP contribution is 2.10. The van der Waals surface area contributed by atoms with Crippen molar-refractivity contribution in [2.45, 2.75) is 39.5 Å². The zero-order valence-corrected chi connectivity index (χ0v) is 9.60. The van der Waals surface area contributed by atoms with Crippen molar-refractivity contribution in [3.05, 3.63) is 0 Å². The van der Waals surface area contributed by atoms with Crippen LogP contribution in [0.1, 0.15) is 39.5 Å². The molecule has 2 amide bonds. The average molecular weight is 214 g/mol. The molecule has 0 heterocycles. The predicted octanol–water partition coefficient (Wildman–Crippen LogP) is 1.40. The third-order valence-corrected chi connectivity index (χ3v) is 2.36. The quantitative estimate of drug-likeness (QED) is 0.397. The Bertz CT molecular complexity index is 206. The van der Waals surface area contributed by atoms with E-state index in [1.54, 1.807) is 0 Å². The Hall–Kier alpha value is -1.26. The summed E-state index contributed by atoms with van der Waals surface area (Å²) in [6, 6.07) is -0.700. The van der Waals surface area contributed by atoms with Gasteiger partial charge in [-0.25, -0.2) is 4.79 Å². The lowest BCUT2D eigenvalue weighted by Gasteiger charge is -2.16. The van der Waals surface area contributed by atoms with Gasteiger partial charge in [0.1, 0.15) is 0 Å². The third-order valence-electron chi connectivity index (χ3n) is 2.36. The molecule has 5 nitrogen and oxygen atoms in total. The topological polar surface area (TPSA) is 91.0 Å².